The number of rotatable bonds is 2. The van der Waals surface area contributed by atoms with Crippen LogP contribution in [-0.4, -0.2) is 42.1 Å². The minimum Gasteiger partial charge on any atom is -0.383 e. The van der Waals surface area contributed by atoms with E-state index in [2.05, 4.69) is 0 Å². The van der Waals surface area contributed by atoms with Crippen LogP contribution in [0.15, 0.2) is 46.9 Å². The number of benzene rings is 1. The van der Waals surface area contributed by atoms with Gasteiger partial charge in [0.15, 0.2) is 5.78 Å². The number of ether oxygens (including phenoxy) is 1. The molecule has 0 aromatic heterocycles. The quantitative estimate of drug-likeness (QED) is 0.746. The Morgan fingerprint density at radius 2 is 1.84 bits per heavy atom. The van der Waals surface area contributed by atoms with E-state index in [1.54, 1.807) is 5.01 Å². The van der Waals surface area contributed by atoms with Gasteiger partial charge in [-0.15, -0.1) is 0 Å². The molecule has 0 radical (unpaired) electrons. The Balaban J connectivity index is 1.97. The summed E-state index contributed by atoms with van der Waals surface area (Å²) in [5, 5.41) is 13.6. The Bertz CT molecular complexity index is 1050. The van der Waals surface area contributed by atoms with Crippen LogP contribution in [0.1, 0.15) is 43.7 Å². The fraction of sp³-hybridized carbons (Fsp3) is 0.478. The zero-order chi connectivity index (χ0) is 23.3. The molecule has 1 aromatic rings. The number of nitrogens with zero attached hydrogens (tertiary/aromatic N) is 3. The first-order valence-electron chi connectivity index (χ1n) is 10.5. The second-order valence-electron chi connectivity index (χ2n) is 9.11. The molecular weight excluding hydrogens is 421 g/mol. The molecule has 0 saturated carbocycles. The lowest BCUT2D eigenvalue weighted by Gasteiger charge is -2.48. The molecule has 4 rings (SSSR count). The van der Waals surface area contributed by atoms with E-state index in [0.717, 1.165) is 6.07 Å². The number of carbonyl (C=O) groups excluding carboxylic acids is 1. The third-order valence-electron chi connectivity index (χ3n) is 6.20. The maximum atomic E-state index is 13.9. The second-order valence-corrected chi connectivity index (χ2v) is 9.11. The van der Waals surface area contributed by atoms with E-state index in [4.69, 9.17) is 10.5 Å². The highest BCUT2D eigenvalue weighted by molar-refractivity contribution is 6.00. The lowest BCUT2D eigenvalue weighted by Crippen LogP contribution is -2.53. The molecule has 0 amide bonds. The summed E-state index contributed by atoms with van der Waals surface area (Å²) >= 11 is 0. The van der Waals surface area contributed by atoms with Crippen LogP contribution in [-0.2, 0) is 15.7 Å². The fourth-order valence-corrected chi connectivity index (χ4v) is 4.89. The molecule has 1 atom stereocenters. The van der Waals surface area contributed by atoms with Crippen molar-refractivity contribution in [2.45, 2.75) is 38.8 Å². The van der Waals surface area contributed by atoms with Crippen LogP contribution in [0, 0.1) is 16.7 Å². The van der Waals surface area contributed by atoms with E-state index in [-0.39, 0.29) is 40.1 Å². The summed E-state index contributed by atoms with van der Waals surface area (Å²) in [6.07, 6.45) is -3.99. The number of nitrogens with two attached hydrogens (primary N) is 1. The van der Waals surface area contributed by atoms with Crippen LogP contribution >= 0.6 is 0 Å². The largest absolute Gasteiger partial charge is 0.416 e. The Kier molecular flexibility index (Phi) is 5.55. The lowest BCUT2D eigenvalue weighted by molar-refractivity contribution is -0.138. The zero-order valence-corrected chi connectivity index (χ0v) is 18.0. The summed E-state index contributed by atoms with van der Waals surface area (Å²) in [6, 6.07) is 7.13. The zero-order valence-electron chi connectivity index (χ0n) is 18.0. The molecule has 1 aromatic carbocycles. The molecule has 0 unspecified atom stereocenters. The van der Waals surface area contributed by atoms with Gasteiger partial charge < -0.3 is 10.5 Å². The van der Waals surface area contributed by atoms with Gasteiger partial charge in [0.2, 0.25) is 0 Å². The molecule has 32 heavy (non-hydrogen) atoms. The first-order valence-corrected chi connectivity index (χ1v) is 10.5. The van der Waals surface area contributed by atoms with Crippen LogP contribution in [0.3, 0.4) is 0 Å². The van der Waals surface area contributed by atoms with E-state index in [1.165, 1.54) is 18.2 Å². The predicted octanol–water partition coefficient (Wildman–Crippen LogP) is 3.69. The molecule has 2 aliphatic heterocycles. The smallest absolute Gasteiger partial charge is 0.383 e. The van der Waals surface area contributed by atoms with E-state index in [9.17, 15) is 23.2 Å². The lowest BCUT2D eigenvalue weighted by atomic mass is 9.68. The Labute approximate surface area is 184 Å². The molecule has 2 heterocycles. The molecule has 1 aliphatic carbocycles. The van der Waals surface area contributed by atoms with Gasteiger partial charge in [-0.2, -0.15) is 18.4 Å². The normalized spacial score (nSPS) is 24.4. The van der Waals surface area contributed by atoms with Gasteiger partial charge >= 0.3 is 6.18 Å². The number of alkyl halides is 3. The number of ketones is 1. The fourth-order valence-electron chi connectivity index (χ4n) is 4.89. The maximum absolute atomic E-state index is 13.9. The molecule has 0 spiro atoms. The van der Waals surface area contributed by atoms with Crippen molar-refractivity contribution in [3.05, 3.63) is 58.1 Å². The number of hydrogen-bond acceptors (Lipinski definition) is 6. The van der Waals surface area contributed by atoms with E-state index in [1.807, 2.05) is 24.9 Å². The van der Waals surface area contributed by atoms with Crippen LogP contribution in [0.25, 0.3) is 0 Å². The molecule has 1 saturated heterocycles. The molecule has 0 bridgehead atoms. The van der Waals surface area contributed by atoms with Gasteiger partial charge in [0.25, 0.3) is 0 Å². The van der Waals surface area contributed by atoms with Gasteiger partial charge in [-0.25, -0.2) is 5.01 Å². The van der Waals surface area contributed by atoms with Crippen molar-refractivity contribution < 1.29 is 22.7 Å². The van der Waals surface area contributed by atoms with Crippen LogP contribution < -0.4 is 5.73 Å². The van der Waals surface area contributed by atoms with Crippen LogP contribution in [0.4, 0.5) is 13.2 Å². The highest BCUT2D eigenvalue weighted by atomic mass is 19.4. The van der Waals surface area contributed by atoms with Gasteiger partial charge in [-0.1, -0.05) is 32.0 Å². The highest BCUT2D eigenvalue weighted by Crippen LogP contribution is 2.51. The third-order valence-corrected chi connectivity index (χ3v) is 6.20. The van der Waals surface area contributed by atoms with Crippen LogP contribution in [0.5, 0.6) is 0 Å². The van der Waals surface area contributed by atoms with Gasteiger partial charge in [0, 0.05) is 30.8 Å². The van der Waals surface area contributed by atoms with Crippen molar-refractivity contribution in [3.8, 4) is 6.07 Å². The molecule has 1 fully saturated rings. The van der Waals surface area contributed by atoms with Gasteiger partial charge in [-0.3, -0.25) is 9.80 Å². The number of allylic oxidation sites excluding steroid dienone is 3. The minimum absolute atomic E-state index is 0.0417. The first kappa shape index (κ1) is 22.4. The van der Waals surface area contributed by atoms with Crippen molar-refractivity contribution in [1.29, 1.82) is 5.26 Å². The molecule has 170 valence electrons. The van der Waals surface area contributed by atoms with Crippen LogP contribution in [0.2, 0.25) is 0 Å². The number of halogens is 3. The summed E-state index contributed by atoms with van der Waals surface area (Å²) < 4.78 is 47.1. The molecule has 3 aliphatic rings. The van der Waals surface area contributed by atoms with E-state index >= 15 is 0 Å². The first-order chi connectivity index (χ1) is 15.0. The molecule has 6 nitrogen and oxygen atoms in total. The monoisotopic (exact) mass is 446 g/mol. The van der Waals surface area contributed by atoms with Crippen molar-refractivity contribution in [3.63, 3.8) is 0 Å². The average molecular weight is 446 g/mol. The summed E-state index contributed by atoms with van der Waals surface area (Å²) in [4.78, 5) is 13.4. The van der Waals surface area contributed by atoms with Crippen molar-refractivity contribution in [2.24, 2.45) is 11.1 Å². The second kappa shape index (κ2) is 7.94. The SMILES string of the molecule is CC1(C)CC(=O)C2=C(C1)N(N1CCOCC1)C(N)=C(C#N)[C@@H]2c1ccccc1C(F)(F)F. The predicted molar refractivity (Wildman–Crippen MR) is 110 cm³/mol. The number of hydrogen-bond donors (Lipinski definition) is 1. The Hall–Kier alpha value is -2.83. The number of hydrazine groups is 1. The number of carbonyl (C=O) groups is 1. The van der Waals surface area contributed by atoms with E-state index in [0.29, 0.717) is 38.4 Å². The molecule has 9 heteroatoms. The highest BCUT2D eigenvalue weighted by Gasteiger charge is 2.47. The number of morpholine rings is 1. The molecular formula is C23H25F3N4O2. The summed E-state index contributed by atoms with van der Waals surface area (Å²) in [5.41, 5.74) is 5.86. The number of nitriles is 1. The van der Waals surface area contributed by atoms with Gasteiger partial charge in [0.05, 0.1) is 36.3 Å². The maximum Gasteiger partial charge on any atom is 0.416 e. The summed E-state index contributed by atoms with van der Waals surface area (Å²) in [5.74, 6) is -1.34. The van der Waals surface area contributed by atoms with Crippen molar-refractivity contribution in [1.82, 2.24) is 10.0 Å². The van der Waals surface area contributed by atoms with Crippen molar-refractivity contribution in [2.75, 3.05) is 26.3 Å². The Morgan fingerprint density at radius 1 is 1.19 bits per heavy atom. The third kappa shape index (κ3) is 3.78. The van der Waals surface area contributed by atoms with Gasteiger partial charge in [-0.05, 0) is 23.5 Å². The Morgan fingerprint density at radius 3 is 2.47 bits per heavy atom. The average Bonchev–Trinajstić information content (AvgIpc) is 2.72. The van der Waals surface area contributed by atoms with E-state index < -0.39 is 17.7 Å². The van der Waals surface area contributed by atoms with Crippen molar-refractivity contribution >= 4 is 5.78 Å². The van der Waals surface area contributed by atoms with Gasteiger partial charge in [0.1, 0.15) is 5.82 Å². The topological polar surface area (TPSA) is 82.6 Å². The standard InChI is InChI=1S/C23H25F3N4O2/c1-22(2)11-17-20(18(31)12-22)19(14-5-3-4-6-16(14)23(24,25)26)15(13-27)21(28)30(17)29-7-9-32-10-8-29/h3-6,19H,7-12,28H2,1-2H3/t19-/m0/s1. The number of Topliss-reactive ketones (excluding diaryl/α,β-unsaturated/α-hetero) is 1. The summed E-state index contributed by atoms with van der Waals surface area (Å²) in [6.45, 7) is 5.79. The summed E-state index contributed by atoms with van der Waals surface area (Å²) in [7, 11) is 0. The molecule has 2 N–H and O–H groups in total. The minimum atomic E-state index is -4.63.